The second-order valence-electron chi connectivity index (χ2n) is 5.72. The van der Waals surface area contributed by atoms with Gasteiger partial charge in [0.2, 0.25) is 5.91 Å². The van der Waals surface area contributed by atoms with E-state index < -0.39 is 0 Å². The van der Waals surface area contributed by atoms with Gasteiger partial charge in [0, 0.05) is 19.0 Å². The van der Waals surface area contributed by atoms with Crippen molar-refractivity contribution in [1.82, 2.24) is 10.6 Å². The molecule has 1 saturated carbocycles. The van der Waals surface area contributed by atoms with Crippen molar-refractivity contribution < 1.29 is 4.79 Å². The van der Waals surface area contributed by atoms with E-state index in [0.717, 1.165) is 31.8 Å². The third-order valence-corrected chi connectivity index (χ3v) is 4.31. The summed E-state index contributed by atoms with van der Waals surface area (Å²) in [5, 5.41) is 6.33. The lowest BCUT2D eigenvalue weighted by Gasteiger charge is -2.32. The number of hydrogen-bond acceptors (Lipinski definition) is 2. The zero-order valence-corrected chi connectivity index (χ0v) is 11.0. The Balaban J connectivity index is 1.65. The topological polar surface area (TPSA) is 41.1 Å². The first-order valence-electron chi connectivity index (χ1n) is 7.30. The molecule has 0 aromatic heterocycles. The zero-order valence-electron chi connectivity index (χ0n) is 11.0. The van der Waals surface area contributed by atoms with Crippen LogP contribution in [-0.4, -0.2) is 25.0 Å². The van der Waals surface area contributed by atoms with Gasteiger partial charge in [0.1, 0.15) is 0 Å². The molecule has 0 spiro atoms. The van der Waals surface area contributed by atoms with E-state index in [2.05, 4.69) is 17.6 Å². The quantitative estimate of drug-likeness (QED) is 0.770. The third kappa shape index (κ3) is 3.70. The molecule has 0 bridgehead atoms. The van der Waals surface area contributed by atoms with Gasteiger partial charge in [-0.05, 0) is 31.6 Å². The van der Waals surface area contributed by atoms with Crippen molar-refractivity contribution in [2.24, 2.45) is 11.8 Å². The van der Waals surface area contributed by atoms with Gasteiger partial charge in [-0.15, -0.1) is 0 Å². The standard InChI is InChI=1S/C14H26N2O/c1-2-3-4-11-5-7-12(8-6-11)14(17)16-13-9-15-10-13/h11-13,15H,2-10H2,1H3,(H,16,17). The van der Waals surface area contributed by atoms with Crippen LogP contribution < -0.4 is 10.6 Å². The average Bonchev–Trinajstić information content (AvgIpc) is 2.31. The molecule has 98 valence electrons. The Kier molecular flexibility index (Phi) is 4.84. The molecule has 3 heteroatoms. The van der Waals surface area contributed by atoms with Crippen molar-refractivity contribution in [3.05, 3.63) is 0 Å². The first-order chi connectivity index (χ1) is 8.29. The number of amides is 1. The SMILES string of the molecule is CCCCC1CCC(C(=O)NC2CNC2)CC1. The molecule has 17 heavy (non-hydrogen) atoms. The Labute approximate surface area is 105 Å². The summed E-state index contributed by atoms with van der Waals surface area (Å²) >= 11 is 0. The minimum absolute atomic E-state index is 0.300. The Hall–Kier alpha value is -0.570. The van der Waals surface area contributed by atoms with Gasteiger partial charge in [-0.25, -0.2) is 0 Å². The van der Waals surface area contributed by atoms with E-state index in [-0.39, 0.29) is 0 Å². The van der Waals surface area contributed by atoms with Crippen LogP contribution in [0, 0.1) is 11.8 Å². The van der Waals surface area contributed by atoms with Crippen LogP contribution >= 0.6 is 0 Å². The summed E-state index contributed by atoms with van der Waals surface area (Å²) in [6, 6.07) is 0.403. The van der Waals surface area contributed by atoms with Crippen LogP contribution in [0.2, 0.25) is 0 Å². The molecular formula is C14H26N2O. The van der Waals surface area contributed by atoms with Crippen molar-refractivity contribution >= 4 is 5.91 Å². The predicted molar refractivity (Wildman–Crippen MR) is 69.8 cm³/mol. The summed E-state index contributed by atoms with van der Waals surface area (Å²) < 4.78 is 0. The number of carbonyl (C=O) groups excluding carboxylic acids is 1. The monoisotopic (exact) mass is 238 g/mol. The number of unbranched alkanes of at least 4 members (excludes halogenated alkanes) is 1. The van der Waals surface area contributed by atoms with Crippen LogP contribution in [0.4, 0.5) is 0 Å². The molecule has 0 unspecified atom stereocenters. The van der Waals surface area contributed by atoms with Gasteiger partial charge in [0.25, 0.3) is 0 Å². The largest absolute Gasteiger partial charge is 0.351 e. The Morgan fingerprint density at radius 2 is 1.94 bits per heavy atom. The fourth-order valence-electron chi connectivity index (χ4n) is 2.92. The van der Waals surface area contributed by atoms with Crippen molar-refractivity contribution in [3.8, 4) is 0 Å². The Morgan fingerprint density at radius 3 is 2.47 bits per heavy atom. The zero-order chi connectivity index (χ0) is 12.1. The van der Waals surface area contributed by atoms with E-state index in [1.54, 1.807) is 0 Å². The van der Waals surface area contributed by atoms with Crippen molar-refractivity contribution in [2.45, 2.75) is 57.9 Å². The molecular weight excluding hydrogens is 212 g/mol. The van der Waals surface area contributed by atoms with E-state index >= 15 is 0 Å². The third-order valence-electron chi connectivity index (χ3n) is 4.31. The summed E-state index contributed by atoms with van der Waals surface area (Å²) in [6.45, 7) is 4.17. The van der Waals surface area contributed by atoms with Gasteiger partial charge < -0.3 is 10.6 Å². The summed E-state index contributed by atoms with van der Waals surface area (Å²) in [5.41, 5.74) is 0. The van der Waals surface area contributed by atoms with Gasteiger partial charge in [-0.1, -0.05) is 26.2 Å². The molecule has 0 aromatic carbocycles. The van der Waals surface area contributed by atoms with Crippen LogP contribution in [0.1, 0.15) is 51.9 Å². The van der Waals surface area contributed by atoms with E-state index in [0.29, 0.717) is 17.9 Å². The van der Waals surface area contributed by atoms with Crippen LogP contribution in [0.15, 0.2) is 0 Å². The van der Waals surface area contributed by atoms with E-state index in [4.69, 9.17) is 0 Å². The molecule has 1 saturated heterocycles. The van der Waals surface area contributed by atoms with Crippen LogP contribution in [-0.2, 0) is 4.79 Å². The summed E-state index contributed by atoms with van der Waals surface area (Å²) in [6.07, 6.45) is 8.78. The van der Waals surface area contributed by atoms with Crippen LogP contribution in [0.25, 0.3) is 0 Å². The second kappa shape index (κ2) is 6.39. The number of rotatable bonds is 5. The van der Waals surface area contributed by atoms with Gasteiger partial charge in [-0.2, -0.15) is 0 Å². The maximum Gasteiger partial charge on any atom is 0.223 e. The fraction of sp³-hybridized carbons (Fsp3) is 0.929. The molecule has 3 nitrogen and oxygen atoms in total. The average molecular weight is 238 g/mol. The normalized spacial score (nSPS) is 29.7. The Morgan fingerprint density at radius 1 is 1.24 bits per heavy atom. The van der Waals surface area contributed by atoms with Crippen molar-refractivity contribution in [2.75, 3.05) is 13.1 Å². The molecule has 0 aromatic rings. The maximum absolute atomic E-state index is 12.0. The molecule has 0 radical (unpaired) electrons. The predicted octanol–water partition coefficient (Wildman–Crippen LogP) is 2.07. The van der Waals surface area contributed by atoms with E-state index in [1.165, 1.54) is 32.1 Å². The Bertz CT molecular complexity index is 243. The van der Waals surface area contributed by atoms with Crippen LogP contribution in [0.3, 0.4) is 0 Å². The molecule has 1 heterocycles. The molecule has 2 N–H and O–H groups in total. The molecule has 1 amide bonds. The minimum Gasteiger partial charge on any atom is -0.351 e. The van der Waals surface area contributed by atoms with Gasteiger partial charge in [0.05, 0.1) is 6.04 Å². The highest BCUT2D eigenvalue weighted by atomic mass is 16.2. The molecule has 1 aliphatic carbocycles. The molecule has 2 rings (SSSR count). The smallest absolute Gasteiger partial charge is 0.223 e. The molecule has 1 aliphatic heterocycles. The van der Waals surface area contributed by atoms with Gasteiger partial charge in [0.15, 0.2) is 0 Å². The number of hydrogen-bond donors (Lipinski definition) is 2. The van der Waals surface area contributed by atoms with Gasteiger partial charge >= 0.3 is 0 Å². The summed E-state index contributed by atoms with van der Waals surface area (Å²) in [5.74, 6) is 1.50. The van der Waals surface area contributed by atoms with Gasteiger partial charge in [-0.3, -0.25) is 4.79 Å². The number of nitrogens with one attached hydrogen (secondary N) is 2. The first kappa shape index (κ1) is 12.9. The lowest BCUT2D eigenvalue weighted by Crippen LogP contribution is -2.58. The molecule has 0 atom stereocenters. The maximum atomic E-state index is 12.0. The highest BCUT2D eigenvalue weighted by Crippen LogP contribution is 2.32. The summed E-state index contributed by atoms with van der Waals surface area (Å²) in [4.78, 5) is 12.0. The molecule has 2 aliphatic rings. The second-order valence-corrected chi connectivity index (χ2v) is 5.72. The van der Waals surface area contributed by atoms with Crippen molar-refractivity contribution in [1.29, 1.82) is 0 Å². The molecule has 2 fully saturated rings. The summed E-state index contributed by atoms with van der Waals surface area (Å²) in [7, 11) is 0. The van der Waals surface area contributed by atoms with E-state index in [9.17, 15) is 4.79 Å². The first-order valence-corrected chi connectivity index (χ1v) is 7.30. The van der Waals surface area contributed by atoms with E-state index in [1.807, 2.05) is 0 Å². The number of carbonyl (C=O) groups is 1. The highest BCUT2D eigenvalue weighted by Gasteiger charge is 2.28. The lowest BCUT2D eigenvalue weighted by molar-refractivity contribution is -0.127. The lowest BCUT2D eigenvalue weighted by atomic mass is 9.79. The van der Waals surface area contributed by atoms with Crippen molar-refractivity contribution in [3.63, 3.8) is 0 Å². The van der Waals surface area contributed by atoms with Crippen LogP contribution in [0.5, 0.6) is 0 Å². The highest BCUT2D eigenvalue weighted by molar-refractivity contribution is 5.79. The fourth-order valence-corrected chi connectivity index (χ4v) is 2.92. The minimum atomic E-state index is 0.300.